The third-order valence-electron chi connectivity index (χ3n) is 2.64. The smallest absolute Gasteiger partial charge is 0.308 e. The van der Waals surface area contributed by atoms with Crippen molar-refractivity contribution in [3.8, 4) is 0 Å². The number of furan rings is 1. The molecule has 1 aromatic rings. The van der Waals surface area contributed by atoms with Crippen LogP contribution in [0.1, 0.15) is 30.3 Å². The normalized spacial score (nSPS) is 11.7. The summed E-state index contributed by atoms with van der Waals surface area (Å²) in [6.45, 7) is 1.97. The maximum atomic E-state index is 11.5. The number of aliphatic carboxylic acids is 1. The number of nitrogens with one attached hydrogen (secondary N) is 2. The molecule has 0 bridgehead atoms. The Hall–Kier alpha value is -2.31. The Labute approximate surface area is 116 Å². The van der Waals surface area contributed by atoms with Gasteiger partial charge in [0.2, 0.25) is 5.91 Å². The summed E-state index contributed by atoms with van der Waals surface area (Å²) in [5, 5.41) is 13.8. The molecule has 1 aromatic heterocycles. The summed E-state index contributed by atoms with van der Waals surface area (Å²) in [6.07, 6.45) is 2.11. The standard InChI is InChI=1S/C13H18N2O5/c1-9(13(18)19)8-15-11(16)5-2-6-14-12(17)10-4-3-7-20-10/h3-4,7,9H,2,5-6,8H2,1H3,(H,14,17)(H,15,16)(H,18,19). The monoisotopic (exact) mass is 282 g/mol. The Balaban J connectivity index is 2.10. The predicted molar refractivity (Wildman–Crippen MR) is 70.1 cm³/mol. The second kappa shape index (κ2) is 7.98. The van der Waals surface area contributed by atoms with E-state index >= 15 is 0 Å². The summed E-state index contributed by atoms with van der Waals surface area (Å²) in [5.41, 5.74) is 0. The van der Waals surface area contributed by atoms with E-state index in [0.29, 0.717) is 13.0 Å². The van der Waals surface area contributed by atoms with Gasteiger partial charge in [0.15, 0.2) is 5.76 Å². The van der Waals surface area contributed by atoms with Crippen LogP contribution in [0.3, 0.4) is 0 Å². The fourth-order valence-corrected chi connectivity index (χ4v) is 1.39. The van der Waals surface area contributed by atoms with Crippen LogP contribution in [0.15, 0.2) is 22.8 Å². The lowest BCUT2D eigenvalue weighted by Gasteiger charge is -2.08. The second-order valence-electron chi connectivity index (χ2n) is 4.38. The molecule has 0 fully saturated rings. The topological polar surface area (TPSA) is 109 Å². The molecule has 0 radical (unpaired) electrons. The first kappa shape index (κ1) is 15.7. The van der Waals surface area contributed by atoms with Crippen molar-refractivity contribution in [2.45, 2.75) is 19.8 Å². The summed E-state index contributed by atoms with van der Waals surface area (Å²) >= 11 is 0. The quantitative estimate of drug-likeness (QED) is 0.606. The Morgan fingerprint density at radius 1 is 1.35 bits per heavy atom. The number of rotatable bonds is 8. The van der Waals surface area contributed by atoms with E-state index in [1.54, 1.807) is 12.1 Å². The molecule has 1 unspecified atom stereocenters. The molecule has 110 valence electrons. The van der Waals surface area contributed by atoms with Gasteiger partial charge in [-0.15, -0.1) is 0 Å². The molecule has 0 aliphatic rings. The Morgan fingerprint density at radius 3 is 2.70 bits per heavy atom. The van der Waals surface area contributed by atoms with E-state index in [0.717, 1.165) is 0 Å². The summed E-state index contributed by atoms with van der Waals surface area (Å²) in [4.78, 5) is 33.4. The number of carbonyl (C=O) groups is 3. The molecular formula is C13H18N2O5. The molecule has 0 saturated carbocycles. The summed E-state index contributed by atoms with van der Waals surface area (Å²) in [5.74, 6) is -1.89. The van der Waals surface area contributed by atoms with Crippen molar-refractivity contribution < 1.29 is 23.9 Å². The minimum atomic E-state index is -0.948. The van der Waals surface area contributed by atoms with Crippen molar-refractivity contribution in [3.05, 3.63) is 24.2 Å². The van der Waals surface area contributed by atoms with Gasteiger partial charge in [-0.05, 0) is 18.6 Å². The SMILES string of the molecule is CC(CNC(=O)CCCNC(=O)c1ccco1)C(=O)O. The van der Waals surface area contributed by atoms with Crippen molar-refractivity contribution in [1.29, 1.82) is 0 Å². The van der Waals surface area contributed by atoms with E-state index in [9.17, 15) is 14.4 Å². The van der Waals surface area contributed by atoms with Gasteiger partial charge < -0.3 is 20.2 Å². The molecule has 20 heavy (non-hydrogen) atoms. The number of carboxylic acid groups (broad SMARTS) is 1. The largest absolute Gasteiger partial charge is 0.481 e. The summed E-state index contributed by atoms with van der Waals surface area (Å²) in [7, 11) is 0. The Kier molecular flexibility index (Phi) is 6.28. The highest BCUT2D eigenvalue weighted by molar-refractivity contribution is 5.91. The van der Waals surface area contributed by atoms with Gasteiger partial charge >= 0.3 is 5.97 Å². The highest BCUT2D eigenvalue weighted by Gasteiger charge is 2.12. The predicted octanol–water partition coefficient (Wildman–Crippen LogP) is 0.626. The molecular weight excluding hydrogens is 264 g/mol. The van der Waals surface area contributed by atoms with Gasteiger partial charge in [-0.25, -0.2) is 0 Å². The number of hydrogen-bond donors (Lipinski definition) is 3. The van der Waals surface area contributed by atoms with Gasteiger partial charge in [-0.3, -0.25) is 14.4 Å². The molecule has 7 heteroatoms. The minimum Gasteiger partial charge on any atom is -0.481 e. The fourth-order valence-electron chi connectivity index (χ4n) is 1.39. The summed E-state index contributed by atoms with van der Waals surface area (Å²) in [6, 6.07) is 3.17. The van der Waals surface area contributed by atoms with Crippen molar-refractivity contribution >= 4 is 17.8 Å². The van der Waals surface area contributed by atoms with Gasteiger partial charge in [0.25, 0.3) is 5.91 Å². The third-order valence-corrected chi connectivity index (χ3v) is 2.64. The molecule has 1 atom stereocenters. The zero-order valence-electron chi connectivity index (χ0n) is 11.2. The summed E-state index contributed by atoms with van der Waals surface area (Å²) < 4.78 is 4.91. The van der Waals surface area contributed by atoms with Gasteiger partial charge in [0.1, 0.15) is 0 Å². The number of amides is 2. The third kappa shape index (κ3) is 5.55. The molecule has 2 amide bonds. The zero-order valence-corrected chi connectivity index (χ0v) is 11.2. The molecule has 0 saturated heterocycles. The molecule has 1 rings (SSSR count). The van der Waals surface area contributed by atoms with E-state index in [2.05, 4.69) is 10.6 Å². The van der Waals surface area contributed by atoms with Crippen molar-refractivity contribution in [2.24, 2.45) is 5.92 Å². The lowest BCUT2D eigenvalue weighted by atomic mass is 10.2. The number of carboxylic acids is 1. The van der Waals surface area contributed by atoms with Crippen LogP contribution < -0.4 is 10.6 Å². The highest BCUT2D eigenvalue weighted by atomic mass is 16.4. The van der Waals surface area contributed by atoms with Crippen molar-refractivity contribution in [2.75, 3.05) is 13.1 Å². The maximum absolute atomic E-state index is 11.5. The lowest BCUT2D eigenvalue weighted by molar-refractivity contribution is -0.141. The van der Waals surface area contributed by atoms with Crippen LogP contribution in [0.4, 0.5) is 0 Å². The van der Waals surface area contributed by atoms with Crippen LogP contribution in [0.5, 0.6) is 0 Å². The van der Waals surface area contributed by atoms with Crippen LogP contribution in [-0.2, 0) is 9.59 Å². The van der Waals surface area contributed by atoms with Crippen LogP contribution in [0, 0.1) is 5.92 Å². The highest BCUT2D eigenvalue weighted by Crippen LogP contribution is 1.99. The maximum Gasteiger partial charge on any atom is 0.308 e. The van der Waals surface area contributed by atoms with Crippen LogP contribution >= 0.6 is 0 Å². The van der Waals surface area contributed by atoms with Gasteiger partial charge in [-0.1, -0.05) is 6.92 Å². The second-order valence-corrected chi connectivity index (χ2v) is 4.38. The molecule has 0 spiro atoms. The van der Waals surface area contributed by atoms with E-state index in [1.165, 1.54) is 13.2 Å². The molecule has 3 N–H and O–H groups in total. The van der Waals surface area contributed by atoms with Crippen LogP contribution in [0.25, 0.3) is 0 Å². The van der Waals surface area contributed by atoms with Gasteiger partial charge in [0.05, 0.1) is 12.2 Å². The Bertz CT molecular complexity index is 455. The average Bonchev–Trinajstić information content (AvgIpc) is 2.94. The van der Waals surface area contributed by atoms with E-state index in [-0.39, 0.29) is 30.5 Å². The van der Waals surface area contributed by atoms with Crippen LogP contribution in [0.2, 0.25) is 0 Å². The van der Waals surface area contributed by atoms with Crippen molar-refractivity contribution in [3.63, 3.8) is 0 Å². The van der Waals surface area contributed by atoms with Gasteiger partial charge in [0, 0.05) is 19.5 Å². The average molecular weight is 282 g/mol. The number of hydrogen-bond acceptors (Lipinski definition) is 4. The molecule has 7 nitrogen and oxygen atoms in total. The number of carbonyl (C=O) groups excluding carboxylic acids is 2. The Morgan fingerprint density at radius 2 is 2.10 bits per heavy atom. The zero-order chi connectivity index (χ0) is 15.0. The van der Waals surface area contributed by atoms with Crippen molar-refractivity contribution in [1.82, 2.24) is 10.6 Å². The molecule has 0 aliphatic heterocycles. The fraction of sp³-hybridized carbons (Fsp3) is 0.462. The first-order chi connectivity index (χ1) is 9.50. The van der Waals surface area contributed by atoms with Crippen LogP contribution in [-0.4, -0.2) is 36.0 Å². The lowest BCUT2D eigenvalue weighted by Crippen LogP contribution is -2.32. The molecule has 0 aliphatic carbocycles. The van der Waals surface area contributed by atoms with Gasteiger partial charge in [-0.2, -0.15) is 0 Å². The first-order valence-electron chi connectivity index (χ1n) is 6.32. The molecule has 1 heterocycles. The minimum absolute atomic E-state index is 0.104. The molecule has 0 aromatic carbocycles. The first-order valence-corrected chi connectivity index (χ1v) is 6.32. The van der Waals surface area contributed by atoms with E-state index in [4.69, 9.17) is 9.52 Å². The van der Waals surface area contributed by atoms with E-state index < -0.39 is 11.9 Å². The van der Waals surface area contributed by atoms with E-state index in [1.807, 2.05) is 0 Å².